The summed E-state index contributed by atoms with van der Waals surface area (Å²) in [7, 11) is 1.70. The van der Waals surface area contributed by atoms with Crippen molar-refractivity contribution in [2.45, 2.75) is 38.8 Å². The van der Waals surface area contributed by atoms with Gasteiger partial charge in [0.05, 0.1) is 32.9 Å². The Morgan fingerprint density at radius 1 is 1.19 bits per heavy atom. The highest BCUT2D eigenvalue weighted by atomic mass is 127. The van der Waals surface area contributed by atoms with Gasteiger partial charge in [-0.1, -0.05) is 19.1 Å². The van der Waals surface area contributed by atoms with Gasteiger partial charge in [0, 0.05) is 38.8 Å². The van der Waals surface area contributed by atoms with E-state index in [4.69, 9.17) is 14.5 Å². The average Bonchev–Trinajstić information content (AvgIpc) is 3.63. The molecule has 0 amide bonds. The number of guanidine groups is 1. The van der Waals surface area contributed by atoms with Crippen LogP contribution < -0.4 is 15.4 Å². The summed E-state index contributed by atoms with van der Waals surface area (Å²) in [5, 5.41) is 6.93. The molecule has 1 aromatic rings. The molecular formula is C23H40IN5O2. The van der Waals surface area contributed by atoms with Crippen LogP contribution in [0.1, 0.15) is 38.3 Å². The van der Waals surface area contributed by atoms with E-state index in [1.807, 2.05) is 12.1 Å². The van der Waals surface area contributed by atoms with Gasteiger partial charge in [-0.2, -0.15) is 0 Å². The molecule has 8 heteroatoms. The van der Waals surface area contributed by atoms with Crippen LogP contribution in [0.4, 0.5) is 0 Å². The van der Waals surface area contributed by atoms with E-state index < -0.39 is 0 Å². The minimum absolute atomic E-state index is 0. The Hall–Kier alpha value is -1.10. The van der Waals surface area contributed by atoms with Crippen LogP contribution in [0.3, 0.4) is 0 Å². The van der Waals surface area contributed by atoms with Crippen molar-refractivity contribution in [3.8, 4) is 5.75 Å². The van der Waals surface area contributed by atoms with Crippen LogP contribution in [0.25, 0.3) is 0 Å². The molecule has 2 N–H and O–H groups in total. The number of ether oxygens (including phenoxy) is 2. The number of methoxy groups -OCH3 is 1. The van der Waals surface area contributed by atoms with E-state index in [2.05, 4.69) is 46.4 Å². The Bertz CT molecular complexity index is 648. The molecule has 3 rings (SSSR count). The molecular weight excluding hydrogens is 505 g/mol. The van der Waals surface area contributed by atoms with Crippen molar-refractivity contribution >= 4 is 29.9 Å². The van der Waals surface area contributed by atoms with Gasteiger partial charge in [-0.15, -0.1) is 24.0 Å². The number of likely N-dealkylation sites (N-methyl/N-ethyl adjacent to an activating group) is 1. The molecule has 0 spiro atoms. The summed E-state index contributed by atoms with van der Waals surface area (Å²) >= 11 is 0. The lowest BCUT2D eigenvalue weighted by Gasteiger charge is -2.34. The lowest BCUT2D eigenvalue weighted by molar-refractivity contribution is 0.0179. The Kier molecular flexibility index (Phi) is 11.9. The first-order valence-electron chi connectivity index (χ1n) is 11.5. The van der Waals surface area contributed by atoms with Crippen molar-refractivity contribution in [2.75, 3.05) is 66.1 Å². The van der Waals surface area contributed by atoms with Crippen molar-refractivity contribution < 1.29 is 9.47 Å². The van der Waals surface area contributed by atoms with Crippen LogP contribution in [0, 0.1) is 0 Å². The van der Waals surface area contributed by atoms with Gasteiger partial charge in [0.2, 0.25) is 0 Å². The first-order valence-corrected chi connectivity index (χ1v) is 11.5. The minimum Gasteiger partial charge on any atom is -0.497 e. The minimum atomic E-state index is 0. The Balaban J connectivity index is 0.00000341. The average molecular weight is 546 g/mol. The molecule has 1 aliphatic carbocycles. The molecule has 0 bridgehead atoms. The molecule has 2 fully saturated rings. The van der Waals surface area contributed by atoms with Crippen LogP contribution in [-0.4, -0.2) is 87.9 Å². The van der Waals surface area contributed by atoms with Crippen molar-refractivity contribution in [1.82, 2.24) is 20.4 Å². The second kappa shape index (κ2) is 14.1. The second-order valence-corrected chi connectivity index (χ2v) is 7.94. The van der Waals surface area contributed by atoms with Crippen molar-refractivity contribution in [1.29, 1.82) is 0 Å². The van der Waals surface area contributed by atoms with E-state index in [-0.39, 0.29) is 30.0 Å². The number of morpholine rings is 1. The summed E-state index contributed by atoms with van der Waals surface area (Å²) < 4.78 is 10.9. The second-order valence-electron chi connectivity index (χ2n) is 7.94. The molecule has 1 unspecified atom stereocenters. The van der Waals surface area contributed by atoms with Gasteiger partial charge < -0.3 is 20.1 Å². The zero-order valence-electron chi connectivity index (χ0n) is 19.3. The molecule has 31 heavy (non-hydrogen) atoms. The maximum atomic E-state index is 5.57. The van der Waals surface area contributed by atoms with Crippen LogP contribution >= 0.6 is 24.0 Å². The Morgan fingerprint density at radius 2 is 1.90 bits per heavy atom. The fourth-order valence-electron chi connectivity index (χ4n) is 4.02. The molecule has 1 aliphatic heterocycles. The number of hydrogen-bond donors (Lipinski definition) is 2. The largest absolute Gasteiger partial charge is 0.497 e. The highest BCUT2D eigenvalue weighted by Crippen LogP contribution is 2.26. The van der Waals surface area contributed by atoms with E-state index >= 15 is 0 Å². The van der Waals surface area contributed by atoms with Crippen molar-refractivity contribution in [3.63, 3.8) is 0 Å². The first kappa shape index (κ1) is 26.2. The summed E-state index contributed by atoms with van der Waals surface area (Å²) in [6, 6.07) is 9.42. The molecule has 0 aromatic heterocycles. The molecule has 7 nitrogen and oxygen atoms in total. The standard InChI is InChI=1S/C23H39N5O2.HI/c1-4-24-23(25-12-13-27(5-2)20-8-9-20)26-18-22(28-14-16-30-17-15-28)19-6-10-21(29-3)11-7-19;/h6-7,10-11,20,22H,4-5,8-9,12-18H2,1-3H3,(H2,24,25,26);1H. The molecule has 1 saturated heterocycles. The van der Waals surface area contributed by atoms with Crippen LogP contribution in [0.5, 0.6) is 5.75 Å². The Labute approximate surface area is 205 Å². The maximum absolute atomic E-state index is 5.57. The number of halogens is 1. The number of aliphatic imine (C=N–C) groups is 1. The third-order valence-electron chi connectivity index (χ3n) is 5.91. The van der Waals surface area contributed by atoms with Gasteiger partial charge in [0.1, 0.15) is 5.75 Å². The molecule has 1 saturated carbocycles. The fraction of sp³-hybridized carbons (Fsp3) is 0.696. The topological polar surface area (TPSA) is 61.4 Å². The molecule has 2 aliphatic rings. The number of hydrogen-bond acceptors (Lipinski definition) is 5. The number of benzene rings is 1. The summed E-state index contributed by atoms with van der Waals surface area (Å²) in [5.74, 6) is 1.78. The van der Waals surface area contributed by atoms with E-state index in [1.165, 1.54) is 18.4 Å². The molecule has 176 valence electrons. The van der Waals surface area contributed by atoms with Gasteiger partial charge in [0.15, 0.2) is 5.96 Å². The number of nitrogens with zero attached hydrogens (tertiary/aromatic N) is 3. The predicted octanol–water partition coefficient (Wildman–Crippen LogP) is 2.73. The molecule has 1 heterocycles. The maximum Gasteiger partial charge on any atom is 0.191 e. The number of rotatable bonds is 11. The van der Waals surface area contributed by atoms with Crippen LogP contribution in [0.15, 0.2) is 29.3 Å². The molecule has 1 aromatic carbocycles. The van der Waals surface area contributed by atoms with Gasteiger partial charge in [0.25, 0.3) is 0 Å². The zero-order valence-corrected chi connectivity index (χ0v) is 21.6. The lowest BCUT2D eigenvalue weighted by Crippen LogP contribution is -2.43. The lowest BCUT2D eigenvalue weighted by atomic mass is 10.0. The summed E-state index contributed by atoms with van der Waals surface area (Å²) in [5.41, 5.74) is 1.27. The summed E-state index contributed by atoms with van der Waals surface area (Å²) in [4.78, 5) is 9.99. The van der Waals surface area contributed by atoms with Crippen LogP contribution in [-0.2, 0) is 4.74 Å². The predicted molar refractivity (Wildman–Crippen MR) is 138 cm³/mol. The third kappa shape index (κ3) is 8.40. The van der Waals surface area contributed by atoms with Crippen molar-refractivity contribution in [2.24, 2.45) is 4.99 Å². The quantitative estimate of drug-likeness (QED) is 0.254. The van der Waals surface area contributed by atoms with E-state index in [0.29, 0.717) is 6.54 Å². The summed E-state index contributed by atoms with van der Waals surface area (Å²) in [6.45, 7) is 12.5. The van der Waals surface area contributed by atoms with Gasteiger partial charge in [-0.05, 0) is 44.0 Å². The molecule has 1 atom stereocenters. The highest BCUT2D eigenvalue weighted by molar-refractivity contribution is 14.0. The summed E-state index contributed by atoms with van der Waals surface area (Å²) in [6.07, 6.45) is 2.70. The fourth-order valence-corrected chi connectivity index (χ4v) is 4.02. The smallest absolute Gasteiger partial charge is 0.191 e. The normalized spacial score (nSPS) is 18.4. The van der Waals surface area contributed by atoms with Gasteiger partial charge in [-0.25, -0.2) is 0 Å². The highest BCUT2D eigenvalue weighted by Gasteiger charge is 2.27. The first-order chi connectivity index (χ1) is 14.7. The van der Waals surface area contributed by atoms with E-state index in [9.17, 15) is 0 Å². The monoisotopic (exact) mass is 545 g/mol. The van der Waals surface area contributed by atoms with Crippen LogP contribution in [0.2, 0.25) is 0 Å². The zero-order chi connectivity index (χ0) is 21.2. The SMILES string of the molecule is CCNC(=NCC(c1ccc(OC)cc1)N1CCOCC1)NCCN(CC)C1CC1.I. The third-order valence-corrected chi connectivity index (χ3v) is 5.91. The van der Waals surface area contributed by atoms with Gasteiger partial charge >= 0.3 is 0 Å². The van der Waals surface area contributed by atoms with E-state index in [0.717, 1.165) is 70.2 Å². The Morgan fingerprint density at radius 3 is 2.48 bits per heavy atom. The van der Waals surface area contributed by atoms with E-state index in [1.54, 1.807) is 7.11 Å². The van der Waals surface area contributed by atoms with Crippen molar-refractivity contribution in [3.05, 3.63) is 29.8 Å². The molecule has 0 radical (unpaired) electrons. The number of nitrogens with one attached hydrogen (secondary N) is 2. The van der Waals surface area contributed by atoms with Gasteiger partial charge in [-0.3, -0.25) is 14.8 Å².